The minimum Gasteiger partial charge on any atom is -0.480 e. The van der Waals surface area contributed by atoms with Gasteiger partial charge in [0, 0.05) is 0 Å². The van der Waals surface area contributed by atoms with E-state index in [1.165, 1.54) is 32.5 Å². The lowest BCUT2D eigenvalue weighted by Gasteiger charge is -2.15. The van der Waals surface area contributed by atoms with Crippen LogP contribution in [0.5, 0.6) is 11.8 Å². The Morgan fingerprint density at radius 2 is 1.95 bits per heavy atom. The molecule has 0 radical (unpaired) electrons. The first-order valence-electron chi connectivity index (χ1n) is 6.02. The van der Waals surface area contributed by atoms with Gasteiger partial charge in [0.1, 0.15) is 11.5 Å². The third-order valence-electron chi connectivity index (χ3n) is 2.87. The summed E-state index contributed by atoms with van der Waals surface area (Å²) in [5.74, 6) is 0.253. The molecule has 0 aliphatic heterocycles. The van der Waals surface area contributed by atoms with Crippen LogP contribution in [0.15, 0.2) is 24.4 Å². The first-order chi connectivity index (χ1) is 9.55. The molecule has 0 saturated heterocycles. The van der Waals surface area contributed by atoms with Crippen molar-refractivity contribution < 1.29 is 13.9 Å². The fraction of sp³-hybridized carbons (Fsp3) is 0.286. The molecule has 1 atom stereocenters. The molecule has 5 nitrogen and oxygen atoms in total. The number of nitrogens with two attached hydrogens (primary N) is 1. The van der Waals surface area contributed by atoms with Crippen LogP contribution in [0.4, 0.5) is 4.39 Å². The average Bonchev–Trinajstić information content (AvgIpc) is 2.44. The van der Waals surface area contributed by atoms with Gasteiger partial charge in [-0.3, -0.25) is 0 Å². The van der Waals surface area contributed by atoms with E-state index in [1.54, 1.807) is 13.0 Å². The van der Waals surface area contributed by atoms with Crippen LogP contribution >= 0.6 is 0 Å². The quantitative estimate of drug-likeness (QED) is 0.925. The predicted octanol–water partition coefficient (Wildman–Crippen LogP) is 1.99. The standard InChI is InChI=1S/C14H16FN3O2/c1-8-4-9(6-10(15)5-8)12(16)13-14(20-3)18-11(19-2)7-17-13/h4-7,12H,16H2,1-3H3. The molecule has 1 aromatic carbocycles. The zero-order valence-electron chi connectivity index (χ0n) is 11.6. The summed E-state index contributed by atoms with van der Waals surface area (Å²) in [6.07, 6.45) is 1.45. The van der Waals surface area contributed by atoms with Gasteiger partial charge in [0.05, 0.1) is 26.5 Å². The van der Waals surface area contributed by atoms with E-state index in [0.29, 0.717) is 17.1 Å². The van der Waals surface area contributed by atoms with E-state index in [2.05, 4.69) is 9.97 Å². The largest absolute Gasteiger partial charge is 0.480 e. The topological polar surface area (TPSA) is 70.3 Å². The van der Waals surface area contributed by atoms with E-state index >= 15 is 0 Å². The number of aromatic nitrogens is 2. The molecule has 0 aliphatic rings. The number of ether oxygens (including phenoxy) is 2. The van der Waals surface area contributed by atoms with Crippen LogP contribution in [-0.2, 0) is 0 Å². The summed E-state index contributed by atoms with van der Waals surface area (Å²) in [6.45, 7) is 1.80. The maximum atomic E-state index is 13.5. The maximum absolute atomic E-state index is 13.5. The number of nitrogens with zero attached hydrogens (tertiary/aromatic N) is 2. The minimum absolute atomic E-state index is 0.263. The fourth-order valence-corrected chi connectivity index (χ4v) is 1.93. The molecule has 0 bridgehead atoms. The molecule has 1 unspecified atom stereocenters. The number of hydrogen-bond donors (Lipinski definition) is 1. The molecule has 1 heterocycles. The molecular weight excluding hydrogens is 261 g/mol. The van der Waals surface area contributed by atoms with Crippen LogP contribution in [-0.4, -0.2) is 24.2 Å². The molecule has 0 amide bonds. The van der Waals surface area contributed by atoms with E-state index < -0.39 is 6.04 Å². The van der Waals surface area contributed by atoms with Crippen molar-refractivity contribution in [1.29, 1.82) is 0 Å². The van der Waals surface area contributed by atoms with Crippen LogP contribution < -0.4 is 15.2 Å². The van der Waals surface area contributed by atoms with Crippen molar-refractivity contribution in [3.8, 4) is 11.8 Å². The van der Waals surface area contributed by atoms with Crippen molar-refractivity contribution in [3.63, 3.8) is 0 Å². The highest BCUT2D eigenvalue weighted by atomic mass is 19.1. The molecule has 0 aliphatic carbocycles. The van der Waals surface area contributed by atoms with E-state index in [9.17, 15) is 4.39 Å². The number of methoxy groups -OCH3 is 2. The molecule has 1 aromatic heterocycles. The number of rotatable bonds is 4. The highest BCUT2D eigenvalue weighted by Crippen LogP contribution is 2.27. The molecule has 2 rings (SSSR count). The summed E-state index contributed by atoms with van der Waals surface area (Å²) >= 11 is 0. The van der Waals surface area contributed by atoms with Gasteiger partial charge in [-0.2, -0.15) is 4.98 Å². The van der Waals surface area contributed by atoms with Gasteiger partial charge in [-0.1, -0.05) is 6.07 Å². The molecule has 0 fully saturated rings. The van der Waals surface area contributed by atoms with E-state index in [4.69, 9.17) is 15.2 Å². The van der Waals surface area contributed by atoms with Crippen molar-refractivity contribution in [2.24, 2.45) is 5.73 Å². The zero-order chi connectivity index (χ0) is 14.7. The van der Waals surface area contributed by atoms with Gasteiger partial charge in [-0.15, -0.1) is 0 Å². The molecular formula is C14H16FN3O2. The summed E-state index contributed by atoms with van der Waals surface area (Å²) in [6, 6.07) is 3.99. The normalized spacial score (nSPS) is 12.1. The monoisotopic (exact) mass is 277 g/mol. The lowest BCUT2D eigenvalue weighted by Crippen LogP contribution is -2.16. The SMILES string of the molecule is COc1cnc(C(N)c2cc(C)cc(F)c2)c(OC)n1. The van der Waals surface area contributed by atoms with Crippen LogP contribution in [0.3, 0.4) is 0 Å². The van der Waals surface area contributed by atoms with Crippen molar-refractivity contribution in [3.05, 3.63) is 47.0 Å². The summed E-state index contributed by atoms with van der Waals surface area (Å²) < 4.78 is 23.6. The molecule has 20 heavy (non-hydrogen) atoms. The second kappa shape index (κ2) is 5.83. The second-order valence-corrected chi connectivity index (χ2v) is 4.35. The lowest BCUT2D eigenvalue weighted by atomic mass is 10.0. The second-order valence-electron chi connectivity index (χ2n) is 4.35. The van der Waals surface area contributed by atoms with Crippen LogP contribution in [0.25, 0.3) is 0 Å². The zero-order valence-corrected chi connectivity index (χ0v) is 11.6. The summed E-state index contributed by atoms with van der Waals surface area (Å²) in [5, 5.41) is 0. The minimum atomic E-state index is -0.627. The lowest BCUT2D eigenvalue weighted by molar-refractivity contribution is 0.355. The molecule has 2 aromatic rings. The Hall–Kier alpha value is -2.21. The Kier molecular flexibility index (Phi) is 4.14. The van der Waals surface area contributed by atoms with E-state index in [1.807, 2.05) is 0 Å². The number of aryl methyl sites for hydroxylation is 1. The Morgan fingerprint density at radius 3 is 2.55 bits per heavy atom. The van der Waals surface area contributed by atoms with Gasteiger partial charge >= 0.3 is 0 Å². The van der Waals surface area contributed by atoms with Crippen LogP contribution in [0.2, 0.25) is 0 Å². The van der Waals surface area contributed by atoms with Crippen molar-refractivity contribution in [1.82, 2.24) is 9.97 Å². The highest BCUT2D eigenvalue weighted by Gasteiger charge is 2.19. The predicted molar refractivity (Wildman–Crippen MR) is 72.3 cm³/mol. The van der Waals surface area contributed by atoms with Crippen molar-refractivity contribution >= 4 is 0 Å². The van der Waals surface area contributed by atoms with E-state index in [0.717, 1.165) is 5.56 Å². The third kappa shape index (κ3) is 2.85. The molecule has 106 valence electrons. The highest BCUT2D eigenvalue weighted by molar-refractivity contribution is 5.36. The molecule has 0 saturated carbocycles. The first kappa shape index (κ1) is 14.2. The smallest absolute Gasteiger partial charge is 0.240 e. The van der Waals surface area contributed by atoms with Gasteiger partial charge < -0.3 is 15.2 Å². The van der Waals surface area contributed by atoms with Crippen LogP contribution in [0.1, 0.15) is 22.9 Å². The molecule has 6 heteroatoms. The van der Waals surface area contributed by atoms with Gasteiger partial charge in [0.25, 0.3) is 0 Å². The number of hydrogen-bond acceptors (Lipinski definition) is 5. The summed E-state index contributed by atoms with van der Waals surface area (Å²) in [7, 11) is 2.95. The number of halogens is 1. The Labute approximate surface area is 116 Å². The summed E-state index contributed by atoms with van der Waals surface area (Å²) in [4.78, 5) is 8.32. The fourth-order valence-electron chi connectivity index (χ4n) is 1.93. The van der Waals surface area contributed by atoms with Crippen molar-refractivity contribution in [2.75, 3.05) is 14.2 Å². The van der Waals surface area contributed by atoms with Gasteiger partial charge in [0.15, 0.2) is 0 Å². The van der Waals surface area contributed by atoms with Gasteiger partial charge in [-0.25, -0.2) is 9.37 Å². The Balaban J connectivity index is 2.44. The molecule has 2 N–H and O–H groups in total. The van der Waals surface area contributed by atoms with Gasteiger partial charge in [-0.05, 0) is 30.2 Å². The Bertz CT molecular complexity index is 599. The molecule has 0 spiro atoms. The van der Waals surface area contributed by atoms with Crippen molar-refractivity contribution in [2.45, 2.75) is 13.0 Å². The Morgan fingerprint density at radius 1 is 1.20 bits per heavy atom. The number of benzene rings is 1. The maximum Gasteiger partial charge on any atom is 0.240 e. The van der Waals surface area contributed by atoms with E-state index in [-0.39, 0.29) is 11.7 Å². The first-order valence-corrected chi connectivity index (χ1v) is 6.02. The van der Waals surface area contributed by atoms with Crippen LogP contribution in [0, 0.1) is 12.7 Å². The van der Waals surface area contributed by atoms with Gasteiger partial charge in [0.2, 0.25) is 11.8 Å². The third-order valence-corrected chi connectivity index (χ3v) is 2.87. The summed E-state index contributed by atoms with van der Waals surface area (Å²) in [5.41, 5.74) is 7.96. The average molecular weight is 277 g/mol.